The van der Waals surface area contributed by atoms with Crippen LogP contribution in [0.5, 0.6) is 5.75 Å². The molecule has 0 saturated carbocycles. The maximum Gasteiger partial charge on any atom is 0.253 e. The second-order valence-electron chi connectivity index (χ2n) is 6.02. The molecular weight excluding hydrogens is 330 g/mol. The number of aryl methyl sites for hydroxylation is 1. The predicted molar refractivity (Wildman–Crippen MR) is 90.2 cm³/mol. The van der Waals surface area contributed by atoms with Gasteiger partial charge in [0, 0.05) is 18.3 Å². The Hall–Kier alpha value is -2.42. The number of aromatic nitrogens is 3. The zero-order valence-corrected chi connectivity index (χ0v) is 14.3. The van der Waals surface area contributed by atoms with Crippen LogP contribution in [0.3, 0.4) is 0 Å². The van der Waals surface area contributed by atoms with Crippen LogP contribution in [0.1, 0.15) is 20.3 Å². The number of nitrogens with zero attached hydrogens (tertiary/aromatic N) is 4. The van der Waals surface area contributed by atoms with Gasteiger partial charge in [0.05, 0.1) is 11.9 Å². The first-order chi connectivity index (χ1) is 11.4. The number of hydrogen-bond donors (Lipinski definition) is 2. The first-order valence-electron chi connectivity index (χ1n) is 7.66. The SMILES string of the molecule is CC(C)CCn1cc(-c2ccc(O)c(N3CC(=O)NS3=O)n2)cn1. The van der Waals surface area contributed by atoms with Gasteiger partial charge in [-0.3, -0.25) is 14.2 Å². The minimum Gasteiger partial charge on any atom is -0.504 e. The molecule has 1 fully saturated rings. The molecule has 2 aromatic heterocycles. The fraction of sp³-hybridized carbons (Fsp3) is 0.400. The van der Waals surface area contributed by atoms with Gasteiger partial charge in [0.1, 0.15) is 6.54 Å². The predicted octanol–water partition coefficient (Wildman–Crippen LogP) is 1.21. The van der Waals surface area contributed by atoms with Crippen molar-refractivity contribution in [3.05, 3.63) is 24.5 Å². The maximum absolute atomic E-state index is 11.9. The number of rotatable bonds is 5. The highest BCUT2D eigenvalue weighted by Crippen LogP contribution is 2.30. The van der Waals surface area contributed by atoms with Gasteiger partial charge in [-0.05, 0) is 24.5 Å². The maximum atomic E-state index is 11.9. The molecule has 3 heterocycles. The first-order valence-corrected chi connectivity index (χ1v) is 8.76. The standard InChI is InChI=1S/C15H19N5O3S/c1-10(2)5-6-19-8-11(7-16-19)12-3-4-13(21)15(17-12)20-9-14(22)18-24(20)23/h3-4,7-8,10,21H,5-6,9H2,1-2H3,(H,18,22). The van der Waals surface area contributed by atoms with Crippen LogP contribution < -0.4 is 9.03 Å². The first kappa shape index (κ1) is 16.4. The van der Waals surface area contributed by atoms with E-state index >= 15 is 0 Å². The van der Waals surface area contributed by atoms with Gasteiger partial charge in [-0.15, -0.1) is 0 Å². The second kappa shape index (κ2) is 6.60. The van der Waals surface area contributed by atoms with Crippen molar-refractivity contribution in [2.45, 2.75) is 26.8 Å². The third-order valence-electron chi connectivity index (χ3n) is 3.64. The molecule has 0 aromatic carbocycles. The van der Waals surface area contributed by atoms with Gasteiger partial charge in [-0.2, -0.15) is 5.10 Å². The lowest BCUT2D eigenvalue weighted by atomic mass is 10.1. The van der Waals surface area contributed by atoms with Crippen molar-refractivity contribution in [3.63, 3.8) is 0 Å². The molecule has 1 unspecified atom stereocenters. The lowest BCUT2D eigenvalue weighted by Gasteiger charge is -2.14. The normalized spacial score (nSPS) is 17.5. The Bertz CT molecular complexity index is 789. The summed E-state index contributed by atoms with van der Waals surface area (Å²) in [6.45, 7) is 5.02. The molecule has 128 valence electrons. The number of carbonyl (C=O) groups is 1. The van der Waals surface area contributed by atoms with Crippen LogP contribution in [0.25, 0.3) is 11.3 Å². The summed E-state index contributed by atoms with van der Waals surface area (Å²) < 4.78 is 17.2. The van der Waals surface area contributed by atoms with Crippen molar-refractivity contribution in [2.24, 2.45) is 5.92 Å². The summed E-state index contributed by atoms with van der Waals surface area (Å²) in [5, 5.41) is 14.3. The molecule has 0 spiro atoms. The Balaban J connectivity index is 1.86. The van der Waals surface area contributed by atoms with Crippen molar-refractivity contribution >= 4 is 22.9 Å². The topological polar surface area (TPSA) is 100 Å². The van der Waals surface area contributed by atoms with E-state index in [1.54, 1.807) is 12.3 Å². The molecular formula is C15H19N5O3S. The quantitative estimate of drug-likeness (QED) is 0.845. The molecule has 2 aromatic rings. The lowest BCUT2D eigenvalue weighted by molar-refractivity contribution is -0.117. The Morgan fingerprint density at radius 2 is 2.21 bits per heavy atom. The summed E-state index contributed by atoms with van der Waals surface area (Å²) in [6, 6.07) is 3.14. The summed E-state index contributed by atoms with van der Waals surface area (Å²) in [5.74, 6) is 0.197. The monoisotopic (exact) mass is 349 g/mol. The summed E-state index contributed by atoms with van der Waals surface area (Å²) >= 11 is -1.73. The largest absolute Gasteiger partial charge is 0.504 e. The molecule has 0 bridgehead atoms. The summed E-state index contributed by atoms with van der Waals surface area (Å²) in [4.78, 5) is 15.7. The third kappa shape index (κ3) is 3.40. The van der Waals surface area contributed by atoms with E-state index in [1.165, 1.54) is 10.4 Å². The van der Waals surface area contributed by atoms with Crippen molar-refractivity contribution in [1.82, 2.24) is 19.5 Å². The van der Waals surface area contributed by atoms with Crippen LogP contribution in [-0.4, -0.2) is 36.5 Å². The third-order valence-corrected chi connectivity index (χ3v) is 4.75. The molecule has 1 aliphatic rings. The summed E-state index contributed by atoms with van der Waals surface area (Å²) in [6.07, 6.45) is 4.61. The average Bonchev–Trinajstić information content (AvgIpc) is 3.12. The molecule has 9 heteroatoms. The molecule has 0 radical (unpaired) electrons. The highest BCUT2D eigenvalue weighted by molar-refractivity contribution is 7.85. The van der Waals surface area contributed by atoms with E-state index in [-0.39, 0.29) is 24.0 Å². The Labute approximate surface area is 142 Å². The van der Waals surface area contributed by atoms with Gasteiger partial charge < -0.3 is 5.11 Å². The minimum atomic E-state index is -1.73. The zero-order chi connectivity index (χ0) is 17.3. The molecule has 1 atom stereocenters. The van der Waals surface area contributed by atoms with E-state index in [4.69, 9.17) is 0 Å². The van der Waals surface area contributed by atoms with Crippen LogP contribution in [0.15, 0.2) is 24.5 Å². The highest BCUT2D eigenvalue weighted by Gasteiger charge is 2.30. The molecule has 0 aliphatic carbocycles. The molecule has 24 heavy (non-hydrogen) atoms. The van der Waals surface area contributed by atoms with E-state index in [0.717, 1.165) is 18.5 Å². The number of amides is 1. The van der Waals surface area contributed by atoms with Crippen molar-refractivity contribution < 1.29 is 14.1 Å². The van der Waals surface area contributed by atoms with E-state index in [2.05, 4.69) is 28.7 Å². The number of pyridine rings is 1. The van der Waals surface area contributed by atoms with Gasteiger partial charge in [0.25, 0.3) is 5.91 Å². The number of aromatic hydroxyl groups is 1. The van der Waals surface area contributed by atoms with Gasteiger partial charge >= 0.3 is 0 Å². The average molecular weight is 349 g/mol. The van der Waals surface area contributed by atoms with Crippen molar-refractivity contribution in [3.8, 4) is 17.0 Å². The number of anilines is 1. The fourth-order valence-corrected chi connectivity index (χ4v) is 3.22. The van der Waals surface area contributed by atoms with Gasteiger partial charge in [-0.25, -0.2) is 13.5 Å². The van der Waals surface area contributed by atoms with Crippen molar-refractivity contribution in [2.75, 3.05) is 10.8 Å². The molecule has 3 rings (SSSR count). The van der Waals surface area contributed by atoms with Crippen LogP contribution in [0.2, 0.25) is 0 Å². The van der Waals surface area contributed by atoms with Crippen LogP contribution in [0.4, 0.5) is 5.82 Å². The van der Waals surface area contributed by atoms with Gasteiger partial charge in [-0.1, -0.05) is 13.8 Å². The van der Waals surface area contributed by atoms with Crippen LogP contribution in [0, 0.1) is 5.92 Å². The highest BCUT2D eigenvalue weighted by atomic mass is 32.2. The molecule has 8 nitrogen and oxygen atoms in total. The number of nitrogens with one attached hydrogen (secondary N) is 1. The minimum absolute atomic E-state index is 0.107. The Morgan fingerprint density at radius 3 is 2.88 bits per heavy atom. The van der Waals surface area contributed by atoms with E-state index < -0.39 is 11.2 Å². The van der Waals surface area contributed by atoms with Crippen LogP contribution in [-0.2, 0) is 22.5 Å². The van der Waals surface area contributed by atoms with Crippen molar-refractivity contribution in [1.29, 1.82) is 0 Å². The van der Waals surface area contributed by atoms with Gasteiger partial charge in [0.2, 0.25) is 11.2 Å². The molecule has 1 aliphatic heterocycles. The van der Waals surface area contributed by atoms with E-state index in [1.807, 2.05) is 10.9 Å². The van der Waals surface area contributed by atoms with E-state index in [0.29, 0.717) is 11.6 Å². The number of carbonyl (C=O) groups excluding carboxylic acids is 1. The summed E-state index contributed by atoms with van der Waals surface area (Å²) in [5.41, 5.74) is 1.39. The molecule has 1 amide bonds. The fourth-order valence-electron chi connectivity index (χ4n) is 2.32. The number of hydrogen-bond acceptors (Lipinski definition) is 5. The smallest absolute Gasteiger partial charge is 0.253 e. The summed E-state index contributed by atoms with van der Waals surface area (Å²) in [7, 11) is 0. The molecule has 1 saturated heterocycles. The van der Waals surface area contributed by atoms with E-state index in [9.17, 15) is 14.1 Å². The van der Waals surface area contributed by atoms with Crippen LogP contribution >= 0.6 is 0 Å². The lowest BCUT2D eigenvalue weighted by Crippen LogP contribution is -2.23. The zero-order valence-electron chi connectivity index (χ0n) is 13.5. The second-order valence-corrected chi connectivity index (χ2v) is 7.17. The molecule has 2 N–H and O–H groups in total. The Kier molecular flexibility index (Phi) is 4.52. The van der Waals surface area contributed by atoms with Gasteiger partial charge in [0.15, 0.2) is 11.6 Å². The Morgan fingerprint density at radius 1 is 1.42 bits per heavy atom.